The van der Waals surface area contributed by atoms with Crippen molar-refractivity contribution in [3.63, 3.8) is 0 Å². The van der Waals surface area contributed by atoms with E-state index in [1.165, 1.54) is 13.5 Å². The summed E-state index contributed by atoms with van der Waals surface area (Å²) >= 11 is 0. The summed E-state index contributed by atoms with van der Waals surface area (Å²) in [5, 5.41) is 52.0. The van der Waals surface area contributed by atoms with Gasteiger partial charge in [0.05, 0.1) is 25.4 Å². The zero-order valence-electron chi connectivity index (χ0n) is 21.6. The fraction of sp³-hybridized carbons (Fsp3) is 1.00. The van der Waals surface area contributed by atoms with Crippen molar-refractivity contribution in [2.75, 3.05) is 26.9 Å². The van der Waals surface area contributed by atoms with Gasteiger partial charge in [-0.05, 0) is 85.4 Å². The molecule has 1 saturated heterocycles. The quantitative estimate of drug-likeness (QED) is 0.374. The van der Waals surface area contributed by atoms with Crippen molar-refractivity contribution in [3.05, 3.63) is 0 Å². The van der Waals surface area contributed by atoms with Gasteiger partial charge in [0.1, 0.15) is 24.4 Å². The molecule has 1 heterocycles. The minimum atomic E-state index is -1.25. The monoisotopic (exact) mass is 498 g/mol. The molecule has 1 spiro atoms. The van der Waals surface area contributed by atoms with E-state index in [2.05, 4.69) is 13.8 Å². The van der Waals surface area contributed by atoms with E-state index in [1.807, 2.05) is 0 Å². The molecule has 0 amide bonds. The molecule has 4 saturated carbocycles. The minimum absolute atomic E-state index is 0.0990. The lowest BCUT2D eigenvalue weighted by Crippen LogP contribution is -2.61. The summed E-state index contributed by atoms with van der Waals surface area (Å²) < 4.78 is 17.3. The van der Waals surface area contributed by atoms with Gasteiger partial charge in [0, 0.05) is 7.11 Å². The number of hydrogen-bond donors (Lipinski definition) is 5. The average Bonchev–Trinajstić information content (AvgIpc) is 3.04. The lowest BCUT2D eigenvalue weighted by Gasteiger charge is -2.64. The smallest absolute Gasteiger partial charge is 0.186 e. The fourth-order valence-corrected chi connectivity index (χ4v) is 9.87. The van der Waals surface area contributed by atoms with Crippen LogP contribution in [0.1, 0.15) is 71.6 Å². The molecule has 5 aliphatic rings. The number of rotatable bonds is 6. The van der Waals surface area contributed by atoms with Gasteiger partial charge in [-0.3, -0.25) is 0 Å². The molecular weight excluding hydrogens is 452 g/mol. The van der Waals surface area contributed by atoms with Gasteiger partial charge in [-0.25, -0.2) is 0 Å². The maximum Gasteiger partial charge on any atom is 0.186 e. The van der Waals surface area contributed by atoms with Crippen molar-refractivity contribution in [2.24, 2.45) is 34.0 Å². The van der Waals surface area contributed by atoms with Gasteiger partial charge in [-0.15, -0.1) is 0 Å². The van der Waals surface area contributed by atoms with Crippen molar-refractivity contribution in [2.45, 2.75) is 108 Å². The highest BCUT2D eigenvalue weighted by atomic mass is 16.7. The third kappa shape index (κ3) is 3.94. The van der Waals surface area contributed by atoms with Crippen LogP contribution in [-0.4, -0.2) is 88.8 Å². The topological polar surface area (TPSA) is 129 Å². The van der Waals surface area contributed by atoms with Crippen LogP contribution in [0.25, 0.3) is 0 Å². The molecule has 8 heteroatoms. The van der Waals surface area contributed by atoms with Crippen LogP contribution in [-0.2, 0) is 14.2 Å². The zero-order valence-corrected chi connectivity index (χ0v) is 21.6. The number of aliphatic hydroxyl groups is 5. The van der Waals surface area contributed by atoms with E-state index in [0.717, 1.165) is 51.4 Å². The van der Waals surface area contributed by atoms with Gasteiger partial charge in [0.2, 0.25) is 0 Å². The summed E-state index contributed by atoms with van der Waals surface area (Å²) in [5.74, 6) is 1.20. The van der Waals surface area contributed by atoms with Crippen molar-refractivity contribution in [1.29, 1.82) is 0 Å². The minimum Gasteiger partial charge on any atom is -0.394 e. The van der Waals surface area contributed by atoms with Crippen molar-refractivity contribution in [3.8, 4) is 0 Å². The summed E-state index contributed by atoms with van der Waals surface area (Å²) in [6, 6.07) is 0. The first-order valence-electron chi connectivity index (χ1n) is 13.7. The van der Waals surface area contributed by atoms with Crippen molar-refractivity contribution < 1.29 is 39.7 Å². The van der Waals surface area contributed by atoms with Crippen LogP contribution >= 0.6 is 0 Å². The van der Waals surface area contributed by atoms with E-state index in [4.69, 9.17) is 14.2 Å². The Hall–Kier alpha value is -0.320. The second kappa shape index (κ2) is 9.16. The van der Waals surface area contributed by atoms with E-state index >= 15 is 0 Å². The summed E-state index contributed by atoms with van der Waals surface area (Å²) in [7, 11) is 1.42. The van der Waals surface area contributed by atoms with Gasteiger partial charge >= 0.3 is 0 Å². The molecule has 2 bridgehead atoms. The number of methoxy groups -OCH3 is 1. The van der Waals surface area contributed by atoms with Crippen molar-refractivity contribution in [1.82, 2.24) is 0 Å². The van der Waals surface area contributed by atoms with Gasteiger partial charge in [-0.1, -0.05) is 20.3 Å². The molecule has 202 valence electrons. The molecular formula is C27H46O8. The first-order chi connectivity index (χ1) is 16.6. The van der Waals surface area contributed by atoms with Crippen LogP contribution in [0.5, 0.6) is 0 Å². The molecule has 5 N–H and O–H groups in total. The third-order valence-corrected chi connectivity index (χ3v) is 11.4. The summed E-state index contributed by atoms with van der Waals surface area (Å²) in [6.45, 7) is 4.71. The van der Waals surface area contributed by atoms with E-state index in [0.29, 0.717) is 18.4 Å². The number of ether oxygens (including phenoxy) is 3. The first kappa shape index (κ1) is 26.3. The summed E-state index contributed by atoms with van der Waals surface area (Å²) in [4.78, 5) is 0. The summed E-state index contributed by atoms with van der Waals surface area (Å²) in [6.07, 6.45) is 4.30. The highest BCUT2D eigenvalue weighted by Crippen LogP contribution is 2.72. The van der Waals surface area contributed by atoms with Crippen LogP contribution in [0.15, 0.2) is 0 Å². The Balaban J connectivity index is 1.33. The fourth-order valence-electron chi connectivity index (χ4n) is 9.87. The second-order valence-electron chi connectivity index (χ2n) is 13.2. The Labute approximate surface area is 209 Å². The highest BCUT2D eigenvalue weighted by Gasteiger charge is 2.67. The summed E-state index contributed by atoms with van der Waals surface area (Å²) in [5.41, 5.74) is -0.752. The van der Waals surface area contributed by atoms with Crippen LogP contribution < -0.4 is 0 Å². The predicted molar refractivity (Wildman–Crippen MR) is 127 cm³/mol. The molecule has 0 aromatic heterocycles. The predicted octanol–water partition coefficient (Wildman–Crippen LogP) is 1.59. The van der Waals surface area contributed by atoms with Gasteiger partial charge in [0.25, 0.3) is 0 Å². The number of hydrogen-bond acceptors (Lipinski definition) is 8. The molecule has 6 unspecified atom stereocenters. The zero-order chi connectivity index (χ0) is 25.2. The maximum absolute atomic E-state index is 11.2. The number of fused-ring (bicyclic) bond motifs is 3. The van der Waals surface area contributed by atoms with Gasteiger partial charge < -0.3 is 39.7 Å². The van der Waals surface area contributed by atoms with Crippen molar-refractivity contribution >= 4 is 0 Å². The molecule has 8 nitrogen and oxygen atoms in total. The van der Waals surface area contributed by atoms with E-state index in [-0.39, 0.29) is 35.4 Å². The second-order valence-corrected chi connectivity index (χ2v) is 13.2. The highest BCUT2D eigenvalue weighted by molar-refractivity contribution is 5.17. The van der Waals surface area contributed by atoms with Gasteiger partial charge in [0.15, 0.2) is 6.29 Å². The lowest BCUT2D eigenvalue weighted by atomic mass is 9.41. The molecule has 4 aliphatic carbocycles. The Morgan fingerprint density at radius 2 is 1.74 bits per heavy atom. The normalized spacial score (nSPS) is 55.9. The van der Waals surface area contributed by atoms with E-state index in [9.17, 15) is 25.5 Å². The number of aliphatic hydroxyl groups excluding tert-OH is 4. The first-order valence-corrected chi connectivity index (χ1v) is 13.7. The van der Waals surface area contributed by atoms with E-state index in [1.54, 1.807) is 0 Å². The lowest BCUT2D eigenvalue weighted by molar-refractivity contribution is -0.313. The molecule has 0 aromatic carbocycles. The molecule has 1 aliphatic heterocycles. The Morgan fingerprint density at radius 1 is 0.971 bits per heavy atom. The Morgan fingerprint density at radius 3 is 2.43 bits per heavy atom. The van der Waals surface area contributed by atoms with Crippen LogP contribution in [0.2, 0.25) is 0 Å². The van der Waals surface area contributed by atoms with Crippen LogP contribution in [0, 0.1) is 34.0 Å². The molecule has 35 heavy (non-hydrogen) atoms. The Bertz CT molecular complexity index is 778. The molecule has 0 radical (unpaired) electrons. The molecule has 5 rings (SSSR count). The molecule has 12 atom stereocenters. The third-order valence-electron chi connectivity index (χ3n) is 11.4. The Kier molecular flexibility index (Phi) is 6.88. The van der Waals surface area contributed by atoms with Crippen LogP contribution in [0.4, 0.5) is 0 Å². The standard InChI is InChI=1S/C27H46O8/c1-24(15-34-23-21(31)20(30)22(33-3)17(12-28)35-23)8-4-9-25(2)18(24)7-10-26-11-16(5-6-19(25)26)27(32,13-26)14-29/h16-23,28-32H,4-15H2,1-3H3/t16?,17-,18?,19?,20-,21-,22-,23-,24?,25?,26?,27+/m1/s1. The SMILES string of the molecule is CO[C@H]1[C@H](O)[C@@H](O)[C@H](OCC2(C)CCCC3(C)C2CCC24CC(CCC23)[C@@](O)(CO)C4)O[C@@H]1CO. The average molecular weight is 499 g/mol. The largest absolute Gasteiger partial charge is 0.394 e. The van der Waals surface area contributed by atoms with Crippen LogP contribution in [0.3, 0.4) is 0 Å². The van der Waals surface area contributed by atoms with E-state index < -0.39 is 36.3 Å². The molecule has 5 fully saturated rings. The molecule has 0 aromatic rings. The van der Waals surface area contributed by atoms with Gasteiger partial charge in [-0.2, -0.15) is 0 Å². The maximum atomic E-state index is 11.2.